The Morgan fingerprint density at radius 3 is 2.67 bits per heavy atom. The van der Waals surface area contributed by atoms with Crippen molar-refractivity contribution in [3.63, 3.8) is 0 Å². The number of rotatable bonds is 2. The van der Waals surface area contributed by atoms with E-state index in [1.165, 1.54) is 0 Å². The summed E-state index contributed by atoms with van der Waals surface area (Å²) in [4.78, 5) is 10.6. The maximum absolute atomic E-state index is 10.6. The zero-order valence-corrected chi connectivity index (χ0v) is 7.46. The molecule has 1 aliphatic heterocycles. The zero-order chi connectivity index (χ0) is 8.98. The predicted octanol–water partition coefficient (Wildman–Crippen LogP) is 1.42. The van der Waals surface area contributed by atoms with E-state index >= 15 is 0 Å². The van der Waals surface area contributed by atoms with E-state index in [-0.39, 0.29) is 17.4 Å². The molecule has 3 unspecified atom stereocenters. The van der Waals surface area contributed by atoms with Gasteiger partial charge >= 0.3 is 5.97 Å². The van der Waals surface area contributed by atoms with Crippen LogP contribution in [0.1, 0.15) is 33.1 Å². The normalized spacial score (nSPS) is 50.3. The molecule has 68 valence electrons. The summed E-state index contributed by atoms with van der Waals surface area (Å²) >= 11 is 0. The summed E-state index contributed by atoms with van der Waals surface area (Å²) in [6.45, 7) is 4.06. The number of aliphatic carboxylic acids is 1. The van der Waals surface area contributed by atoms with Gasteiger partial charge in [0.25, 0.3) is 0 Å². The monoisotopic (exact) mass is 170 g/mol. The van der Waals surface area contributed by atoms with Gasteiger partial charge < -0.3 is 9.84 Å². The topological polar surface area (TPSA) is 49.8 Å². The van der Waals surface area contributed by atoms with Crippen LogP contribution in [0.3, 0.4) is 0 Å². The van der Waals surface area contributed by atoms with Gasteiger partial charge in [-0.2, -0.15) is 0 Å². The molecular formula is C9H14O3. The van der Waals surface area contributed by atoms with Crippen molar-refractivity contribution in [2.24, 2.45) is 5.41 Å². The van der Waals surface area contributed by atoms with Crippen molar-refractivity contribution in [1.82, 2.24) is 0 Å². The molecule has 3 heteroatoms. The average molecular weight is 170 g/mol. The van der Waals surface area contributed by atoms with Crippen LogP contribution in [0.25, 0.3) is 0 Å². The quantitative estimate of drug-likeness (QED) is 0.637. The Hall–Kier alpha value is -0.570. The van der Waals surface area contributed by atoms with Crippen LogP contribution < -0.4 is 0 Å². The molecule has 0 spiro atoms. The van der Waals surface area contributed by atoms with E-state index < -0.39 is 5.97 Å². The van der Waals surface area contributed by atoms with Gasteiger partial charge in [0.15, 0.2) is 0 Å². The molecule has 0 aromatic heterocycles. The number of hydrogen-bond donors (Lipinski definition) is 1. The molecule has 3 nitrogen and oxygen atoms in total. The second-order valence-electron chi connectivity index (χ2n) is 4.38. The number of ether oxygens (including phenoxy) is 1. The van der Waals surface area contributed by atoms with Crippen molar-refractivity contribution < 1.29 is 14.6 Å². The van der Waals surface area contributed by atoms with Crippen molar-refractivity contribution >= 4 is 5.97 Å². The summed E-state index contributed by atoms with van der Waals surface area (Å²) < 4.78 is 5.49. The summed E-state index contributed by atoms with van der Waals surface area (Å²) in [5.41, 5.74) is -0.269. The van der Waals surface area contributed by atoms with E-state index in [0.717, 1.165) is 12.8 Å². The lowest BCUT2D eigenvalue weighted by atomic mass is 9.77. The van der Waals surface area contributed by atoms with Crippen molar-refractivity contribution in [1.29, 1.82) is 0 Å². The van der Waals surface area contributed by atoms with Crippen LogP contribution in [-0.2, 0) is 9.53 Å². The second-order valence-corrected chi connectivity index (χ2v) is 4.38. The van der Waals surface area contributed by atoms with Gasteiger partial charge in [0.1, 0.15) is 0 Å². The molecule has 1 aliphatic carbocycles. The van der Waals surface area contributed by atoms with Gasteiger partial charge in [-0.3, -0.25) is 4.79 Å². The molecule has 0 aromatic carbocycles. The third-order valence-electron chi connectivity index (χ3n) is 3.64. The van der Waals surface area contributed by atoms with Crippen LogP contribution in [0.4, 0.5) is 0 Å². The maximum atomic E-state index is 10.6. The molecule has 1 heterocycles. The minimum absolute atomic E-state index is 0.134. The first-order valence-electron chi connectivity index (χ1n) is 4.38. The van der Waals surface area contributed by atoms with E-state index in [1.807, 2.05) is 13.8 Å². The van der Waals surface area contributed by atoms with Crippen LogP contribution >= 0.6 is 0 Å². The van der Waals surface area contributed by atoms with Crippen molar-refractivity contribution in [2.75, 3.05) is 0 Å². The van der Waals surface area contributed by atoms with E-state index in [2.05, 4.69) is 0 Å². The van der Waals surface area contributed by atoms with Crippen molar-refractivity contribution in [2.45, 2.75) is 44.8 Å². The van der Waals surface area contributed by atoms with Gasteiger partial charge in [0, 0.05) is 5.41 Å². The average Bonchev–Trinajstić information content (AvgIpc) is 2.52. The number of hydrogen-bond acceptors (Lipinski definition) is 2. The molecule has 0 bridgehead atoms. The first kappa shape index (κ1) is 8.05. The third-order valence-corrected chi connectivity index (χ3v) is 3.64. The molecule has 0 amide bonds. The van der Waals surface area contributed by atoms with Gasteiger partial charge in [-0.1, -0.05) is 6.92 Å². The van der Waals surface area contributed by atoms with Gasteiger partial charge in [-0.25, -0.2) is 0 Å². The second kappa shape index (κ2) is 2.02. The minimum Gasteiger partial charge on any atom is -0.481 e. The van der Waals surface area contributed by atoms with Crippen LogP contribution in [0, 0.1) is 5.41 Å². The highest BCUT2D eigenvalue weighted by Gasteiger charge is 2.68. The van der Waals surface area contributed by atoms with Crippen LogP contribution in [-0.4, -0.2) is 22.8 Å². The van der Waals surface area contributed by atoms with Gasteiger partial charge in [-0.05, 0) is 19.8 Å². The summed E-state index contributed by atoms with van der Waals surface area (Å²) in [7, 11) is 0. The molecule has 2 fully saturated rings. The van der Waals surface area contributed by atoms with E-state index in [4.69, 9.17) is 9.84 Å². The Morgan fingerprint density at radius 2 is 2.33 bits per heavy atom. The summed E-state index contributed by atoms with van der Waals surface area (Å²) in [6.07, 6.45) is 2.59. The Balaban J connectivity index is 2.15. The highest BCUT2D eigenvalue weighted by Crippen LogP contribution is 2.61. The molecule has 1 N–H and O–H groups in total. The first-order valence-corrected chi connectivity index (χ1v) is 4.38. The highest BCUT2D eigenvalue weighted by molar-refractivity contribution is 5.68. The molecule has 0 aromatic rings. The lowest BCUT2D eigenvalue weighted by Crippen LogP contribution is -2.32. The Kier molecular flexibility index (Phi) is 1.35. The smallest absolute Gasteiger partial charge is 0.304 e. The highest BCUT2D eigenvalue weighted by atomic mass is 16.6. The molecule has 2 rings (SSSR count). The molecular weight excluding hydrogens is 156 g/mol. The largest absolute Gasteiger partial charge is 0.481 e. The molecule has 1 saturated carbocycles. The number of epoxide rings is 1. The Labute approximate surface area is 71.7 Å². The lowest BCUT2D eigenvalue weighted by molar-refractivity contribution is -0.140. The third kappa shape index (κ3) is 0.829. The first-order chi connectivity index (χ1) is 5.48. The Bertz CT molecular complexity index is 236. The maximum Gasteiger partial charge on any atom is 0.304 e. The number of carboxylic acid groups (broad SMARTS) is 1. The minimum atomic E-state index is -0.713. The van der Waals surface area contributed by atoms with E-state index in [0.29, 0.717) is 6.10 Å². The molecule has 12 heavy (non-hydrogen) atoms. The van der Waals surface area contributed by atoms with E-state index in [9.17, 15) is 4.79 Å². The van der Waals surface area contributed by atoms with Crippen molar-refractivity contribution in [3.05, 3.63) is 0 Å². The standard InChI is InChI=1S/C9H14O3/c1-8(5-7(10)11)4-3-6-9(8,2)12-6/h6H,3-5H2,1-2H3,(H,10,11). The lowest BCUT2D eigenvalue weighted by Gasteiger charge is -2.28. The predicted molar refractivity (Wildman–Crippen MR) is 42.9 cm³/mol. The Morgan fingerprint density at radius 1 is 1.67 bits per heavy atom. The number of carbonyl (C=O) groups is 1. The van der Waals surface area contributed by atoms with Gasteiger partial charge in [0.2, 0.25) is 0 Å². The summed E-state index contributed by atoms with van der Waals surface area (Å²) in [5.74, 6) is -0.713. The van der Waals surface area contributed by atoms with Gasteiger partial charge in [-0.15, -0.1) is 0 Å². The molecule has 1 saturated heterocycles. The fourth-order valence-electron chi connectivity index (χ4n) is 2.42. The molecule has 2 aliphatic rings. The zero-order valence-electron chi connectivity index (χ0n) is 7.46. The van der Waals surface area contributed by atoms with Crippen LogP contribution in [0.15, 0.2) is 0 Å². The fraction of sp³-hybridized carbons (Fsp3) is 0.889. The number of fused-ring (bicyclic) bond motifs is 1. The van der Waals surface area contributed by atoms with Gasteiger partial charge in [0.05, 0.1) is 18.1 Å². The SMILES string of the molecule is CC1(CC(=O)O)CCC2OC21C. The fourth-order valence-corrected chi connectivity index (χ4v) is 2.42. The number of carboxylic acids is 1. The summed E-state index contributed by atoms with van der Waals surface area (Å²) in [5, 5.41) is 8.73. The molecule has 0 radical (unpaired) electrons. The van der Waals surface area contributed by atoms with Crippen molar-refractivity contribution in [3.8, 4) is 0 Å². The molecule has 3 atom stereocenters. The van der Waals surface area contributed by atoms with E-state index in [1.54, 1.807) is 0 Å². The van der Waals surface area contributed by atoms with Crippen LogP contribution in [0.5, 0.6) is 0 Å². The van der Waals surface area contributed by atoms with Crippen LogP contribution in [0.2, 0.25) is 0 Å². The summed E-state index contributed by atoms with van der Waals surface area (Å²) in [6, 6.07) is 0.